The summed E-state index contributed by atoms with van der Waals surface area (Å²) in [6, 6.07) is 9.13. The standard InChI is InChI=1S/C21H27F3N2O3/c1-19(2,3)29-18(28)25-11-7-10-20(13-25)16(15-8-5-4-6-9-15)12-26(17(20)27)14-21(22,23)24/h4-6,8-9,16H,7,10-14H2,1-3H3. The van der Waals surface area contributed by atoms with Crippen molar-refractivity contribution >= 4 is 12.0 Å². The summed E-state index contributed by atoms with van der Waals surface area (Å²) in [4.78, 5) is 28.2. The maximum absolute atomic E-state index is 13.2. The van der Waals surface area contributed by atoms with Crippen molar-refractivity contribution < 1.29 is 27.5 Å². The first-order chi connectivity index (χ1) is 13.4. The van der Waals surface area contributed by atoms with Crippen molar-refractivity contribution in [2.45, 2.75) is 51.3 Å². The topological polar surface area (TPSA) is 49.9 Å². The van der Waals surface area contributed by atoms with Gasteiger partial charge in [-0.1, -0.05) is 30.3 Å². The second-order valence-corrected chi connectivity index (χ2v) is 8.93. The van der Waals surface area contributed by atoms with Crippen LogP contribution in [-0.2, 0) is 9.53 Å². The van der Waals surface area contributed by atoms with Gasteiger partial charge in [-0.2, -0.15) is 13.2 Å². The fourth-order valence-electron chi connectivity index (χ4n) is 4.43. The summed E-state index contributed by atoms with van der Waals surface area (Å²) in [5.41, 5.74) is -0.943. The first kappa shape index (κ1) is 21.5. The largest absolute Gasteiger partial charge is 0.444 e. The minimum atomic E-state index is -4.47. The average Bonchev–Trinajstić information content (AvgIpc) is 2.85. The molecule has 0 radical (unpaired) electrons. The number of halogens is 3. The normalized spacial score (nSPS) is 25.6. The van der Waals surface area contributed by atoms with E-state index in [2.05, 4.69) is 0 Å². The second-order valence-electron chi connectivity index (χ2n) is 8.93. The lowest BCUT2D eigenvalue weighted by molar-refractivity contribution is -0.162. The molecule has 0 aliphatic carbocycles. The van der Waals surface area contributed by atoms with Gasteiger partial charge in [0.05, 0.1) is 5.41 Å². The lowest BCUT2D eigenvalue weighted by Crippen LogP contribution is -2.53. The Morgan fingerprint density at radius 3 is 2.45 bits per heavy atom. The van der Waals surface area contributed by atoms with E-state index < -0.39 is 41.7 Å². The van der Waals surface area contributed by atoms with Crippen LogP contribution in [0.15, 0.2) is 30.3 Å². The van der Waals surface area contributed by atoms with E-state index in [1.54, 1.807) is 20.8 Å². The summed E-state index contributed by atoms with van der Waals surface area (Å²) in [6.45, 7) is 4.46. The number of alkyl halides is 3. The molecule has 0 aromatic heterocycles. The number of hydrogen-bond acceptors (Lipinski definition) is 3. The molecule has 3 rings (SSSR count). The molecule has 2 aliphatic heterocycles. The third-order valence-electron chi connectivity index (χ3n) is 5.53. The Labute approximate surface area is 168 Å². The van der Waals surface area contributed by atoms with Crippen LogP contribution < -0.4 is 0 Å². The van der Waals surface area contributed by atoms with Crippen molar-refractivity contribution in [3.63, 3.8) is 0 Å². The van der Waals surface area contributed by atoms with Gasteiger partial charge in [-0.15, -0.1) is 0 Å². The molecule has 0 N–H and O–H groups in total. The molecule has 160 valence electrons. The molecule has 1 spiro atoms. The molecule has 2 fully saturated rings. The van der Waals surface area contributed by atoms with E-state index in [0.717, 1.165) is 10.5 Å². The van der Waals surface area contributed by atoms with E-state index in [4.69, 9.17) is 4.74 Å². The lowest BCUT2D eigenvalue weighted by Gasteiger charge is -2.42. The monoisotopic (exact) mass is 412 g/mol. The fourth-order valence-corrected chi connectivity index (χ4v) is 4.43. The summed E-state index contributed by atoms with van der Waals surface area (Å²) in [7, 11) is 0. The van der Waals surface area contributed by atoms with Crippen LogP contribution in [0.1, 0.15) is 45.1 Å². The number of rotatable bonds is 2. The van der Waals surface area contributed by atoms with Gasteiger partial charge in [-0.3, -0.25) is 4.79 Å². The molecule has 0 saturated carbocycles. The Hall–Kier alpha value is -2.25. The van der Waals surface area contributed by atoms with E-state index in [0.29, 0.717) is 19.4 Å². The SMILES string of the molecule is CC(C)(C)OC(=O)N1CCCC2(C1)C(=O)N(CC(F)(F)F)CC2c1ccccc1. The van der Waals surface area contributed by atoms with Crippen LogP contribution in [0, 0.1) is 5.41 Å². The highest BCUT2D eigenvalue weighted by molar-refractivity contribution is 5.88. The van der Waals surface area contributed by atoms with Gasteiger partial charge in [0.2, 0.25) is 5.91 Å². The van der Waals surface area contributed by atoms with Gasteiger partial charge in [0, 0.05) is 25.6 Å². The number of amides is 2. The van der Waals surface area contributed by atoms with Crippen molar-refractivity contribution in [3.05, 3.63) is 35.9 Å². The Morgan fingerprint density at radius 2 is 1.86 bits per heavy atom. The number of benzene rings is 1. The fraction of sp³-hybridized carbons (Fsp3) is 0.619. The quantitative estimate of drug-likeness (QED) is 0.732. The number of likely N-dealkylation sites (tertiary alicyclic amines) is 2. The molecule has 2 unspecified atom stereocenters. The number of carbonyl (C=O) groups is 2. The predicted octanol–water partition coefficient (Wildman–Crippen LogP) is 4.19. The minimum Gasteiger partial charge on any atom is -0.444 e. The summed E-state index contributed by atoms with van der Waals surface area (Å²) >= 11 is 0. The first-order valence-electron chi connectivity index (χ1n) is 9.80. The number of ether oxygens (including phenoxy) is 1. The van der Waals surface area contributed by atoms with Gasteiger partial charge in [-0.05, 0) is 39.2 Å². The van der Waals surface area contributed by atoms with Crippen LogP contribution in [-0.4, -0.2) is 59.8 Å². The zero-order valence-electron chi connectivity index (χ0n) is 17.0. The molecular formula is C21H27F3N2O3. The van der Waals surface area contributed by atoms with E-state index in [9.17, 15) is 22.8 Å². The smallest absolute Gasteiger partial charge is 0.410 e. The molecule has 2 saturated heterocycles. The number of nitrogens with zero attached hydrogens (tertiary/aromatic N) is 2. The highest BCUT2D eigenvalue weighted by Crippen LogP contribution is 2.50. The third kappa shape index (κ3) is 4.67. The zero-order valence-corrected chi connectivity index (χ0v) is 17.0. The van der Waals surface area contributed by atoms with Gasteiger partial charge in [-0.25, -0.2) is 4.79 Å². The van der Waals surface area contributed by atoms with Gasteiger partial charge < -0.3 is 14.5 Å². The molecule has 1 aromatic rings. The Kier molecular flexibility index (Phi) is 5.58. The molecule has 2 atom stereocenters. The molecule has 29 heavy (non-hydrogen) atoms. The van der Waals surface area contributed by atoms with Crippen molar-refractivity contribution in [2.75, 3.05) is 26.2 Å². The molecule has 0 bridgehead atoms. The summed E-state index contributed by atoms with van der Waals surface area (Å²) in [5.74, 6) is -0.944. The van der Waals surface area contributed by atoms with Crippen LogP contribution in [0.25, 0.3) is 0 Å². The lowest BCUT2D eigenvalue weighted by atomic mass is 9.69. The molecule has 1 aromatic carbocycles. The van der Waals surface area contributed by atoms with Crippen LogP contribution in [0.2, 0.25) is 0 Å². The molecular weight excluding hydrogens is 385 g/mol. The predicted molar refractivity (Wildman–Crippen MR) is 101 cm³/mol. The first-order valence-corrected chi connectivity index (χ1v) is 9.80. The van der Waals surface area contributed by atoms with E-state index >= 15 is 0 Å². The summed E-state index contributed by atoms with van der Waals surface area (Å²) in [6.07, 6.45) is -4.03. The third-order valence-corrected chi connectivity index (χ3v) is 5.53. The number of carbonyl (C=O) groups excluding carboxylic acids is 2. The average molecular weight is 412 g/mol. The highest BCUT2D eigenvalue weighted by Gasteiger charge is 2.58. The van der Waals surface area contributed by atoms with Crippen LogP contribution in [0.5, 0.6) is 0 Å². The van der Waals surface area contributed by atoms with Gasteiger partial charge in [0.25, 0.3) is 0 Å². The van der Waals surface area contributed by atoms with Crippen LogP contribution >= 0.6 is 0 Å². The highest BCUT2D eigenvalue weighted by atomic mass is 19.4. The van der Waals surface area contributed by atoms with Crippen molar-refractivity contribution in [3.8, 4) is 0 Å². The Bertz CT molecular complexity index is 761. The molecule has 8 heteroatoms. The zero-order chi connectivity index (χ0) is 21.4. The Morgan fingerprint density at radius 1 is 1.21 bits per heavy atom. The van der Waals surface area contributed by atoms with E-state index in [-0.39, 0.29) is 13.1 Å². The van der Waals surface area contributed by atoms with Crippen molar-refractivity contribution in [1.29, 1.82) is 0 Å². The summed E-state index contributed by atoms with van der Waals surface area (Å²) < 4.78 is 44.7. The van der Waals surface area contributed by atoms with Crippen molar-refractivity contribution in [1.82, 2.24) is 9.80 Å². The maximum Gasteiger partial charge on any atom is 0.410 e. The van der Waals surface area contributed by atoms with Crippen molar-refractivity contribution in [2.24, 2.45) is 5.41 Å². The minimum absolute atomic E-state index is 0.00941. The van der Waals surface area contributed by atoms with Crippen LogP contribution in [0.3, 0.4) is 0 Å². The van der Waals surface area contributed by atoms with Crippen LogP contribution in [0.4, 0.5) is 18.0 Å². The number of piperidine rings is 1. The molecule has 5 nitrogen and oxygen atoms in total. The Balaban J connectivity index is 1.93. The van der Waals surface area contributed by atoms with Gasteiger partial charge in [0.15, 0.2) is 0 Å². The van der Waals surface area contributed by atoms with Gasteiger partial charge in [0.1, 0.15) is 12.1 Å². The second kappa shape index (κ2) is 7.54. The maximum atomic E-state index is 13.2. The molecule has 2 heterocycles. The summed E-state index contributed by atoms with van der Waals surface area (Å²) in [5, 5.41) is 0. The molecule has 2 amide bonds. The van der Waals surface area contributed by atoms with Gasteiger partial charge >= 0.3 is 12.3 Å². The van der Waals surface area contributed by atoms with E-state index in [1.165, 1.54) is 4.90 Å². The van der Waals surface area contributed by atoms with E-state index in [1.807, 2.05) is 30.3 Å². The number of hydrogen-bond donors (Lipinski definition) is 0. The molecule has 2 aliphatic rings.